The Morgan fingerprint density at radius 3 is 2.83 bits per heavy atom. The highest BCUT2D eigenvalue weighted by atomic mass is 32.2. The second-order valence-electron chi connectivity index (χ2n) is 5.10. The molecule has 0 radical (unpaired) electrons. The molecule has 24 heavy (non-hydrogen) atoms. The van der Waals surface area contributed by atoms with E-state index in [9.17, 15) is 14.9 Å². The van der Waals surface area contributed by atoms with Crippen LogP contribution in [0.3, 0.4) is 0 Å². The maximum Gasteiger partial charge on any atom is 0.274 e. The molecule has 0 aliphatic heterocycles. The van der Waals surface area contributed by atoms with Crippen LogP contribution in [-0.2, 0) is 4.79 Å². The minimum Gasteiger partial charge on any atom is -0.333 e. The number of rotatable bonds is 5. The number of anilines is 1. The molecule has 2 aromatic carbocycles. The molecule has 0 saturated heterocycles. The number of fused-ring (bicyclic) bond motifs is 1. The molecule has 1 amide bonds. The van der Waals surface area contributed by atoms with E-state index in [1.807, 2.05) is 24.3 Å². The fourth-order valence-corrected chi connectivity index (χ4v) is 2.96. The van der Waals surface area contributed by atoms with Crippen LogP contribution in [0.25, 0.3) is 11.0 Å². The third-order valence-electron chi connectivity index (χ3n) is 3.48. The van der Waals surface area contributed by atoms with Gasteiger partial charge >= 0.3 is 0 Å². The molecular formula is C16H14N4O3S. The SMILES string of the molecule is Cc1c(NC(=O)CSc2nc3ccccc3[nH]2)cccc1[N+](=O)[O-]. The second-order valence-corrected chi connectivity index (χ2v) is 6.07. The molecule has 0 spiro atoms. The first-order valence-electron chi connectivity index (χ1n) is 7.16. The summed E-state index contributed by atoms with van der Waals surface area (Å²) in [6.07, 6.45) is 0. The first kappa shape index (κ1) is 16.0. The van der Waals surface area contributed by atoms with Crippen molar-refractivity contribution in [2.24, 2.45) is 0 Å². The Labute approximate surface area is 141 Å². The van der Waals surface area contributed by atoms with Crippen LogP contribution in [0.5, 0.6) is 0 Å². The van der Waals surface area contributed by atoms with Crippen LogP contribution in [0.1, 0.15) is 5.56 Å². The van der Waals surface area contributed by atoms with E-state index in [1.165, 1.54) is 17.8 Å². The summed E-state index contributed by atoms with van der Waals surface area (Å²) in [5, 5.41) is 14.3. The minimum absolute atomic E-state index is 0.0160. The topological polar surface area (TPSA) is 101 Å². The number of hydrogen-bond donors (Lipinski definition) is 2. The molecule has 3 rings (SSSR count). The van der Waals surface area contributed by atoms with Gasteiger partial charge in [0.25, 0.3) is 5.69 Å². The van der Waals surface area contributed by atoms with Gasteiger partial charge in [-0.25, -0.2) is 4.98 Å². The molecule has 0 aliphatic rings. The van der Waals surface area contributed by atoms with Crippen molar-refractivity contribution in [2.75, 3.05) is 11.1 Å². The number of amides is 1. The summed E-state index contributed by atoms with van der Waals surface area (Å²) < 4.78 is 0. The van der Waals surface area contributed by atoms with E-state index in [0.29, 0.717) is 16.4 Å². The van der Waals surface area contributed by atoms with Gasteiger partial charge < -0.3 is 10.3 Å². The number of para-hydroxylation sites is 2. The lowest BCUT2D eigenvalue weighted by molar-refractivity contribution is -0.385. The molecule has 122 valence electrons. The molecule has 1 heterocycles. The Hall–Kier alpha value is -2.87. The lowest BCUT2D eigenvalue weighted by Gasteiger charge is -2.07. The fraction of sp³-hybridized carbons (Fsp3) is 0.125. The van der Waals surface area contributed by atoms with Crippen molar-refractivity contribution in [3.05, 3.63) is 58.1 Å². The number of nitrogens with one attached hydrogen (secondary N) is 2. The van der Waals surface area contributed by atoms with Crippen LogP contribution in [0, 0.1) is 17.0 Å². The predicted molar refractivity (Wildman–Crippen MR) is 93.3 cm³/mol. The molecular weight excluding hydrogens is 328 g/mol. The second kappa shape index (κ2) is 6.71. The Morgan fingerprint density at radius 2 is 2.08 bits per heavy atom. The number of carbonyl (C=O) groups excluding carboxylic acids is 1. The van der Waals surface area contributed by atoms with Crippen molar-refractivity contribution < 1.29 is 9.72 Å². The van der Waals surface area contributed by atoms with Crippen molar-refractivity contribution in [2.45, 2.75) is 12.1 Å². The van der Waals surface area contributed by atoms with Crippen molar-refractivity contribution in [1.82, 2.24) is 9.97 Å². The van der Waals surface area contributed by atoms with Gasteiger partial charge in [-0.3, -0.25) is 14.9 Å². The van der Waals surface area contributed by atoms with Gasteiger partial charge in [0.05, 0.1) is 33.0 Å². The monoisotopic (exact) mass is 342 g/mol. The Morgan fingerprint density at radius 1 is 1.29 bits per heavy atom. The molecule has 2 N–H and O–H groups in total. The number of H-pyrrole nitrogens is 1. The van der Waals surface area contributed by atoms with E-state index in [4.69, 9.17) is 0 Å². The molecule has 0 fully saturated rings. The highest BCUT2D eigenvalue weighted by Gasteiger charge is 2.15. The van der Waals surface area contributed by atoms with Crippen LogP contribution in [0.4, 0.5) is 11.4 Å². The lowest BCUT2D eigenvalue weighted by Crippen LogP contribution is -2.15. The van der Waals surface area contributed by atoms with Crippen molar-refractivity contribution >= 4 is 40.1 Å². The summed E-state index contributed by atoms with van der Waals surface area (Å²) in [7, 11) is 0. The van der Waals surface area contributed by atoms with Gasteiger partial charge in [0.15, 0.2) is 5.16 Å². The van der Waals surface area contributed by atoms with E-state index in [2.05, 4.69) is 15.3 Å². The van der Waals surface area contributed by atoms with E-state index in [-0.39, 0.29) is 17.3 Å². The average Bonchev–Trinajstić information content (AvgIpc) is 2.97. The molecule has 0 saturated carbocycles. The molecule has 0 bridgehead atoms. The van der Waals surface area contributed by atoms with Gasteiger partial charge in [0, 0.05) is 6.07 Å². The quantitative estimate of drug-likeness (QED) is 0.420. The zero-order valence-electron chi connectivity index (χ0n) is 12.8. The van der Waals surface area contributed by atoms with Crippen LogP contribution in [0.15, 0.2) is 47.6 Å². The normalized spacial score (nSPS) is 10.7. The number of hydrogen-bond acceptors (Lipinski definition) is 5. The van der Waals surface area contributed by atoms with Crippen molar-refractivity contribution in [3.63, 3.8) is 0 Å². The number of nitro benzene ring substituents is 1. The molecule has 0 unspecified atom stereocenters. The number of aromatic amines is 1. The number of carbonyl (C=O) groups is 1. The van der Waals surface area contributed by atoms with Gasteiger partial charge in [-0.15, -0.1) is 0 Å². The average molecular weight is 342 g/mol. The van der Waals surface area contributed by atoms with E-state index in [1.54, 1.807) is 19.1 Å². The van der Waals surface area contributed by atoms with Gasteiger partial charge in [0.1, 0.15) is 0 Å². The summed E-state index contributed by atoms with van der Waals surface area (Å²) in [6, 6.07) is 12.2. The van der Waals surface area contributed by atoms with Crippen LogP contribution < -0.4 is 5.32 Å². The molecule has 1 aromatic heterocycles. The first-order valence-corrected chi connectivity index (χ1v) is 8.14. The molecule has 0 atom stereocenters. The number of nitrogens with zero attached hydrogens (tertiary/aromatic N) is 2. The summed E-state index contributed by atoms with van der Waals surface area (Å²) in [5.41, 5.74) is 2.62. The number of aromatic nitrogens is 2. The van der Waals surface area contributed by atoms with Crippen LogP contribution >= 0.6 is 11.8 Å². The van der Waals surface area contributed by atoms with E-state index < -0.39 is 4.92 Å². The number of imidazole rings is 1. The molecule has 7 nitrogen and oxygen atoms in total. The zero-order valence-corrected chi connectivity index (χ0v) is 13.6. The summed E-state index contributed by atoms with van der Waals surface area (Å²) >= 11 is 1.28. The molecule has 3 aromatic rings. The van der Waals surface area contributed by atoms with E-state index >= 15 is 0 Å². The van der Waals surface area contributed by atoms with Crippen LogP contribution in [0.2, 0.25) is 0 Å². The largest absolute Gasteiger partial charge is 0.333 e. The Bertz CT molecular complexity index is 890. The van der Waals surface area contributed by atoms with Gasteiger partial charge in [0.2, 0.25) is 5.91 Å². The molecule has 8 heteroatoms. The maximum atomic E-state index is 12.1. The standard InChI is InChI=1S/C16H14N4O3S/c1-10-11(7-4-8-14(10)20(22)23)17-15(21)9-24-16-18-12-5-2-3-6-13(12)19-16/h2-8H,9H2,1H3,(H,17,21)(H,18,19). The summed E-state index contributed by atoms with van der Waals surface area (Å²) in [4.78, 5) is 30.1. The highest BCUT2D eigenvalue weighted by molar-refractivity contribution is 7.99. The van der Waals surface area contributed by atoms with Gasteiger partial charge in [-0.2, -0.15) is 0 Å². The Kier molecular flexibility index (Phi) is 4.48. The number of benzene rings is 2. The van der Waals surface area contributed by atoms with Crippen molar-refractivity contribution in [3.8, 4) is 0 Å². The summed E-state index contributed by atoms with van der Waals surface area (Å²) in [5.74, 6) is -0.0915. The zero-order chi connectivity index (χ0) is 17.1. The molecule has 0 aliphatic carbocycles. The Balaban J connectivity index is 1.65. The smallest absolute Gasteiger partial charge is 0.274 e. The fourth-order valence-electron chi connectivity index (χ4n) is 2.27. The first-order chi connectivity index (χ1) is 11.5. The van der Waals surface area contributed by atoms with E-state index in [0.717, 1.165) is 11.0 Å². The van der Waals surface area contributed by atoms with Gasteiger partial charge in [-0.1, -0.05) is 30.0 Å². The predicted octanol–water partition coefficient (Wildman–Crippen LogP) is 3.51. The lowest BCUT2D eigenvalue weighted by atomic mass is 10.1. The highest BCUT2D eigenvalue weighted by Crippen LogP contribution is 2.25. The third-order valence-corrected chi connectivity index (χ3v) is 4.36. The van der Waals surface area contributed by atoms with Gasteiger partial charge in [-0.05, 0) is 25.1 Å². The summed E-state index contributed by atoms with van der Waals surface area (Å²) in [6.45, 7) is 1.61. The number of thioether (sulfide) groups is 1. The third kappa shape index (κ3) is 3.38. The number of nitro groups is 1. The van der Waals surface area contributed by atoms with Crippen LogP contribution in [-0.4, -0.2) is 26.6 Å². The minimum atomic E-state index is -0.464. The maximum absolute atomic E-state index is 12.1. The van der Waals surface area contributed by atoms with Crippen molar-refractivity contribution in [1.29, 1.82) is 0 Å².